The van der Waals surface area contributed by atoms with E-state index in [1.54, 1.807) is 33.5 Å². The third-order valence-electron chi connectivity index (χ3n) is 5.31. The van der Waals surface area contributed by atoms with Crippen molar-refractivity contribution in [3.8, 4) is 28.0 Å². The van der Waals surface area contributed by atoms with Crippen molar-refractivity contribution in [2.24, 2.45) is 7.05 Å². The number of aryl methyl sites for hydroxylation is 1. The lowest BCUT2D eigenvalue weighted by atomic mass is 9.99. The normalized spacial score (nSPS) is 11.0. The van der Waals surface area contributed by atoms with Gasteiger partial charge in [0.25, 0.3) is 5.91 Å². The summed E-state index contributed by atoms with van der Waals surface area (Å²) in [5.74, 6) is -0.250. The Hall–Kier alpha value is -3.87. The summed E-state index contributed by atoms with van der Waals surface area (Å²) < 4.78 is 22.0. The Kier molecular flexibility index (Phi) is 5.10. The molecule has 4 rings (SSSR count). The number of methoxy groups -OCH3 is 1. The number of halogens is 1. The van der Waals surface area contributed by atoms with Crippen LogP contribution in [0.25, 0.3) is 33.3 Å². The van der Waals surface area contributed by atoms with Gasteiger partial charge in [0.05, 0.1) is 18.4 Å². The molecular formula is C24H23FN4O2. The molecule has 2 aromatic heterocycles. The third kappa shape index (κ3) is 3.48. The number of ether oxygens (including phenoxy) is 1. The van der Waals surface area contributed by atoms with Crippen LogP contribution in [0.2, 0.25) is 0 Å². The lowest BCUT2D eigenvalue weighted by molar-refractivity contribution is 0.0828. The summed E-state index contributed by atoms with van der Waals surface area (Å²) in [6.45, 7) is 0. The lowest BCUT2D eigenvalue weighted by Gasteiger charge is -2.14. The molecule has 0 aliphatic rings. The monoisotopic (exact) mass is 418 g/mol. The van der Waals surface area contributed by atoms with E-state index in [0.717, 1.165) is 27.9 Å². The van der Waals surface area contributed by atoms with Gasteiger partial charge in [0.1, 0.15) is 17.2 Å². The Morgan fingerprint density at radius 2 is 1.87 bits per heavy atom. The summed E-state index contributed by atoms with van der Waals surface area (Å²) in [5.41, 5.74) is 9.68. The van der Waals surface area contributed by atoms with Crippen LogP contribution in [0, 0.1) is 5.82 Å². The first kappa shape index (κ1) is 20.4. The highest BCUT2D eigenvalue weighted by Gasteiger charge is 2.19. The minimum atomic E-state index is -0.638. The molecule has 0 fully saturated rings. The molecule has 0 atom stereocenters. The van der Waals surface area contributed by atoms with Gasteiger partial charge < -0.3 is 19.9 Å². The fourth-order valence-electron chi connectivity index (χ4n) is 3.70. The van der Waals surface area contributed by atoms with Crippen molar-refractivity contribution in [3.05, 3.63) is 66.2 Å². The zero-order valence-corrected chi connectivity index (χ0v) is 17.8. The molecule has 0 saturated heterocycles. The Labute approximate surface area is 179 Å². The number of hydrogen-bond acceptors (Lipinski definition) is 4. The van der Waals surface area contributed by atoms with Crippen molar-refractivity contribution in [1.82, 2.24) is 14.5 Å². The van der Waals surface area contributed by atoms with Crippen molar-refractivity contribution in [2.75, 3.05) is 26.9 Å². The highest BCUT2D eigenvalue weighted by molar-refractivity contribution is 6.01. The number of carbonyl (C=O) groups excluding carboxylic acids is 1. The zero-order valence-electron chi connectivity index (χ0n) is 17.8. The standard InChI is InChI=1S/C24H23FN4O2/c1-28(2)24(30)18-9-14(11-20(25)22(18)26)15-10-17-19(13-29(3)23(17)27-12-15)16-7-5-6-8-21(16)31-4/h5-13H,26H2,1-4H3. The molecule has 0 aliphatic heterocycles. The number of anilines is 1. The number of carbonyl (C=O) groups is 1. The van der Waals surface area contributed by atoms with Crippen LogP contribution in [0.4, 0.5) is 10.1 Å². The van der Waals surface area contributed by atoms with Gasteiger partial charge in [0, 0.05) is 55.6 Å². The minimum Gasteiger partial charge on any atom is -0.496 e. The van der Waals surface area contributed by atoms with Crippen LogP contribution in [-0.2, 0) is 7.05 Å². The van der Waals surface area contributed by atoms with Gasteiger partial charge in [0.15, 0.2) is 0 Å². The first-order chi connectivity index (χ1) is 14.8. The molecule has 158 valence electrons. The van der Waals surface area contributed by atoms with Crippen LogP contribution in [0.1, 0.15) is 10.4 Å². The van der Waals surface area contributed by atoms with Gasteiger partial charge >= 0.3 is 0 Å². The van der Waals surface area contributed by atoms with Crippen LogP contribution in [0.5, 0.6) is 5.75 Å². The molecule has 2 aromatic carbocycles. The number of amides is 1. The summed E-state index contributed by atoms with van der Waals surface area (Å²) in [7, 11) is 6.76. The fraction of sp³-hybridized carbons (Fsp3) is 0.167. The Morgan fingerprint density at radius 1 is 1.13 bits per heavy atom. The Bertz CT molecular complexity index is 1310. The second-order valence-corrected chi connectivity index (χ2v) is 7.57. The average molecular weight is 418 g/mol. The summed E-state index contributed by atoms with van der Waals surface area (Å²) in [6.07, 6.45) is 3.66. The molecular weight excluding hydrogens is 395 g/mol. The molecule has 0 saturated carbocycles. The summed E-state index contributed by atoms with van der Waals surface area (Å²) >= 11 is 0. The number of hydrogen-bond donors (Lipinski definition) is 1. The number of benzene rings is 2. The smallest absolute Gasteiger partial charge is 0.255 e. The second-order valence-electron chi connectivity index (χ2n) is 7.57. The predicted molar refractivity (Wildman–Crippen MR) is 121 cm³/mol. The van der Waals surface area contributed by atoms with Crippen molar-refractivity contribution in [1.29, 1.82) is 0 Å². The Balaban J connectivity index is 1.92. The molecule has 0 bridgehead atoms. The Morgan fingerprint density at radius 3 is 2.58 bits per heavy atom. The highest BCUT2D eigenvalue weighted by atomic mass is 19.1. The lowest BCUT2D eigenvalue weighted by Crippen LogP contribution is -2.23. The molecule has 2 N–H and O–H groups in total. The molecule has 1 amide bonds. The largest absolute Gasteiger partial charge is 0.496 e. The van der Waals surface area contributed by atoms with E-state index in [1.165, 1.54) is 11.0 Å². The molecule has 0 aliphatic carbocycles. The minimum absolute atomic E-state index is 0.123. The van der Waals surface area contributed by atoms with E-state index in [1.807, 2.05) is 48.1 Å². The van der Waals surface area contributed by atoms with Gasteiger partial charge in [-0.3, -0.25) is 4.79 Å². The van der Waals surface area contributed by atoms with Crippen molar-refractivity contribution in [2.45, 2.75) is 0 Å². The molecule has 7 heteroatoms. The molecule has 0 unspecified atom stereocenters. The number of nitrogen functional groups attached to an aromatic ring is 1. The van der Waals surface area contributed by atoms with Crippen LogP contribution < -0.4 is 10.5 Å². The number of para-hydroxylation sites is 1. The van der Waals surface area contributed by atoms with Crippen molar-refractivity contribution >= 4 is 22.6 Å². The van der Waals surface area contributed by atoms with Crippen molar-refractivity contribution < 1.29 is 13.9 Å². The quantitative estimate of drug-likeness (QED) is 0.501. The number of fused-ring (bicyclic) bond motifs is 1. The van der Waals surface area contributed by atoms with E-state index in [9.17, 15) is 9.18 Å². The van der Waals surface area contributed by atoms with E-state index < -0.39 is 5.82 Å². The number of nitrogens with zero attached hydrogens (tertiary/aromatic N) is 3. The molecule has 31 heavy (non-hydrogen) atoms. The molecule has 4 aromatic rings. The van der Waals surface area contributed by atoms with Gasteiger partial charge in [-0.1, -0.05) is 18.2 Å². The maximum Gasteiger partial charge on any atom is 0.255 e. The summed E-state index contributed by atoms with van der Waals surface area (Å²) in [6, 6.07) is 12.6. The van der Waals surface area contributed by atoms with E-state index in [-0.39, 0.29) is 17.2 Å². The molecule has 0 spiro atoms. The van der Waals surface area contributed by atoms with Crippen LogP contribution >= 0.6 is 0 Å². The number of aromatic nitrogens is 2. The van der Waals surface area contributed by atoms with E-state index in [4.69, 9.17) is 10.5 Å². The summed E-state index contributed by atoms with van der Waals surface area (Å²) in [4.78, 5) is 18.4. The van der Waals surface area contributed by atoms with Gasteiger partial charge in [-0.2, -0.15) is 0 Å². The van der Waals surface area contributed by atoms with E-state index in [2.05, 4.69) is 4.98 Å². The van der Waals surface area contributed by atoms with E-state index >= 15 is 0 Å². The third-order valence-corrected chi connectivity index (χ3v) is 5.31. The van der Waals surface area contributed by atoms with Gasteiger partial charge in [-0.15, -0.1) is 0 Å². The van der Waals surface area contributed by atoms with Gasteiger partial charge in [0.2, 0.25) is 0 Å². The zero-order chi connectivity index (χ0) is 22.3. The highest BCUT2D eigenvalue weighted by Crippen LogP contribution is 2.37. The molecule has 2 heterocycles. The maximum absolute atomic E-state index is 14.6. The number of nitrogens with two attached hydrogens (primary N) is 1. The molecule has 6 nitrogen and oxygen atoms in total. The number of pyridine rings is 1. The average Bonchev–Trinajstić information content (AvgIpc) is 3.10. The maximum atomic E-state index is 14.6. The first-order valence-electron chi connectivity index (χ1n) is 9.71. The topological polar surface area (TPSA) is 73.4 Å². The van der Waals surface area contributed by atoms with E-state index in [0.29, 0.717) is 11.1 Å². The van der Waals surface area contributed by atoms with Gasteiger partial charge in [-0.05, 0) is 29.8 Å². The van der Waals surface area contributed by atoms with Crippen LogP contribution in [0.15, 0.2) is 54.9 Å². The predicted octanol–water partition coefficient (Wildman–Crippen LogP) is 4.34. The van der Waals surface area contributed by atoms with Gasteiger partial charge in [-0.25, -0.2) is 9.37 Å². The molecule has 0 radical (unpaired) electrons. The number of rotatable bonds is 4. The SMILES string of the molecule is COc1ccccc1-c1cn(C)c2ncc(-c3cc(F)c(N)c(C(=O)N(C)C)c3)cc12. The van der Waals surface area contributed by atoms with Crippen molar-refractivity contribution in [3.63, 3.8) is 0 Å². The van der Waals surface area contributed by atoms with Crippen LogP contribution in [-0.4, -0.2) is 41.6 Å². The summed E-state index contributed by atoms with van der Waals surface area (Å²) in [5, 5.41) is 0.891. The fourth-order valence-corrected chi connectivity index (χ4v) is 3.70. The first-order valence-corrected chi connectivity index (χ1v) is 9.71. The van der Waals surface area contributed by atoms with Crippen LogP contribution in [0.3, 0.4) is 0 Å². The second kappa shape index (κ2) is 7.75.